The second kappa shape index (κ2) is 19.8. The third-order valence-electron chi connectivity index (χ3n) is 10.5. The number of nitrogens with zero attached hydrogens (tertiary/aromatic N) is 1. The van der Waals surface area contributed by atoms with Crippen molar-refractivity contribution in [2.75, 3.05) is 0 Å². The topological polar surface area (TPSA) is 12.4 Å². The van der Waals surface area contributed by atoms with Crippen molar-refractivity contribution in [3.63, 3.8) is 0 Å². The van der Waals surface area contributed by atoms with E-state index in [2.05, 4.69) is 94.5 Å². The zero-order valence-electron chi connectivity index (χ0n) is 29.4. The summed E-state index contributed by atoms with van der Waals surface area (Å²) in [5, 5.41) is 0. The van der Waals surface area contributed by atoms with Crippen molar-refractivity contribution in [1.82, 2.24) is 0 Å². The van der Waals surface area contributed by atoms with Gasteiger partial charge in [0, 0.05) is 19.3 Å². The second-order valence-electron chi connectivity index (χ2n) is 14.2. The largest absolute Gasteiger partial charge is 0.257 e. The van der Waals surface area contributed by atoms with Gasteiger partial charge in [0.1, 0.15) is 0 Å². The van der Waals surface area contributed by atoms with Gasteiger partial charge < -0.3 is 0 Å². The Hall–Kier alpha value is -2.67. The van der Waals surface area contributed by atoms with Crippen LogP contribution in [0.3, 0.4) is 0 Å². The summed E-state index contributed by atoms with van der Waals surface area (Å²) >= 11 is 0. The van der Waals surface area contributed by atoms with Gasteiger partial charge in [0.15, 0.2) is 0 Å². The van der Waals surface area contributed by atoms with Crippen LogP contribution in [0.15, 0.2) is 99.8 Å². The lowest BCUT2D eigenvalue weighted by Crippen LogP contribution is -2.08. The molecule has 0 N–H and O–H groups in total. The highest BCUT2D eigenvalue weighted by atomic mass is 14.8. The SMILES string of the molecule is CC/C1=C/C/C=C\C(C)=CC1.CC1CCCC1.CCc1ccc(C2=NC3=C(C=CC(CCC4CCCCCC4)=CC3)CC2)cc1.[HH]. The minimum atomic E-state index is 0. The molecule has 5 aliphatic rings. The predicted molar refractivity (Wildman–Crippen MR) is 201 cm³/mol. The molecule has 4 aliphatic carbocycles. The number of hydrogen-bond donors (Lipinski definition) is 0. The second-order valence-corrected chi connectivity index (χ2v) is 14.2. The number of aliphatic imine (C=N–C) groups is 1. The first-order chi connectivity index (χ1) is 22.0. The van der Waals surface area contributed by atoms with E-state index in [-0.39, 0.29) is 1.43 Å². The van der Waals surface area contributed by atoms with Gasteiger partial charge in [0.25, 0.3) is 0 Å². The quantitative estimate of drug-likeness (QED) is 0.225. The summed E-state index contributed by atoms with van der Waals surface area (Å²) in [6.07, 6.45) is 41.3. The molecule has 2 saturated carbocycles. The Balaban J connectivity index is 0.000000262. The summed E-state index contributed by atoms with van der Waals surface area (Å²) in [5.74, 6) is 2.00. The molecule has 1 aromatic rings. The van der Waals surface area contributed by atoms with Crippen molar-refractivity contribution in [1.29, 1.82) is 0 Å². The number of aryl methyl sites for hydroxylation is 1. The molecule has 2 fully saturated rings. The van der Waals surface area contributed by atoms with Gasteiger partial charge in [-0.1, -0.05) is 168 Å². The van der Waals surface area contributed by atoms with Crippen LogP contribution >= 0.6 is 0 Å². The lowest BCUT2D eigenvalue weighted by atomic mass is 9.92. The fourth-order valence-corrected chi connectivity index (χ4v) is 7.25. The molecule has 0 unspecified atom stereocenters. The van der Waals surface area contributed by atoms with Crippen LogP contribution in [0.5, 0.6) is 0 Å². The van der Waals surface area contributed by atoms with Gasteiger partial charge in [-0.15, -0.1) is 0 Å². The van der Waals surface area contributed by atoms with Crippen LogP contribution in [0, 0.1) is 11.8 Å². The van der Waals surface area contributed by atoms with Gasteiger partial charge in [-0.05, 0) is 86.8 Å². The molecule has 1 aromatic carbocycles. The number of rotatable bonds is 6. The maximum Gasteiger partial charge on any atom is 0.0482 e. The van der Waals surface area contributed by atoms with Crippen molar-refractivity contribution in [2.24, 2.45) is 16.8 Å². The minimum Gasteiger partial charge on any atom is -0.257 e. The molecule has 1 aliphatic heterocycles. The van der Waals surface area contributed by atoms with Crippen molar-refractivity contribution in [3.05, 3.63) is 106 Å². The van der Waals surface area contributed by atoms with E-state index in [1.165, 1.54) is 123 Å². The van der Waals surface area contributed by atoms with Crippen LogP contribution in [-0.4, -0.2) is 5.71 Å². The first kappa shape index (κ1) is 35.2. The predicted octanol–water partition coefficient (Wildman–Crippen LogP) is 13.8. The highest BCUT2D eigenvalue weighted by Gasteiger charge is 2.17. The van der Waals surface area contributed by atoms with Gasteiger partial charge in [-0.25, -0.2) is 0 Å². The smallest absolute Gasteiger partial charge is 0.0482 e. The van der Waals surface area contributed by atoms with Gasteiger partial charge in [0.05, 0.1) is 0 Å². The van der Waals surface area contributed by atoms with Crippen LogP contribution < -0.4 is 0 Å². The van der Waals surface area contributed by atoms with E-state index in [1.807, 2.05) is 0 Å². The van der Waals surface area contributed by atoms with Crippen LogP contribution in [0.25, 0.3) is 0 Å². The normalized spacial score (nSPS) is 22.8. The lowest BCUT2D eigenvalue weighted by molar-refractivity contribution is 0.429. The van der Waals surface area contributed by atoms with E-state index in [0.717, 1.165) is 50.4 Å². The molecule has 45 heavy (non-hydrogen) atoms. The molecule has 0 radical (unpaired) electrons. The fourth-order valence-electron chi connectivity index (χ4n) is 7.25. The Morgan fingerprint density at radius 2 is 1.49 bits per heavy atom. The molecule has 6 rings (SSSR count). The zero-order chi connectivity index (χ0) is 31.7. The van der Waals surface area contributed by atoms with Crippen molar-refractivity contribution < 1.29 is 1.43 Å². The van der Waals surface area contributed by atoms with Crippen LogP contribution in [-0.2, 0) is 6.42 Å². The molecule has 0 saturated heterocycles. The Kier molecular flexibility index (Phi) is 15.5. The molecule has 0 bridgehead atoms. The summed E-state index contributed by atoms with van der Waals surface area (Å²) in [4.78, 5) is 5.09. The van der Waals surface area contributed by atoms with Crippen LogP contribution in [0.2, 0.25) is 0 Å². The molecule has 0 amide bonds. The van der Waals surface area contributed by atoms with Gasteiger partial charge in [-0.2, -0.15) is 0 Å². The molecule has 0 spiro atoms. The minimum absolute atomic E-state index is 0. The number of hydrogen-bond acceptors (Lipinski definition) is 1. The summed E-state index contributed by atoms with van der Waals surface area (Å²) in [6, 6.07) is 9.01. The van der Waals surface area contributed by atoms with Crippen molar-refractivity contribution in [3.8, 4) is 0 Å². The fraction of sp³-hybridized carbons (Fsp3) is 0.568. The monoisotopic (exact) mass is 608 g/mol. The summed E-state index contributed by atoms with van der Waals surface area (Å²) < 4.78 is 0. The number of benzene rings is 1. The Labute approximate surface area is 279 Å². The highest BCUT2D eigenvalue weighted by molar-refractivity contribution is 6.02. The molecule has 0 atom stereocenters. The highest BCUT2D eigenvalue weighted by Crippen LogP contribution is 2.32. The molecule has 246 valence electrons. The summed E-state index contributed by atoms with van der Waals surface area (Å²) in [7, 11) is 0. The molecular formula is C44H65N. The third kappa shape index (κ3) is 12.6. The molecular weight excluding hydrogens is 542 g/mol. The van der Waals surface area contributed by atoms with E-state index in [4.69, 9.17) is 4.99 Å². The van der Waals surface area contributed by atoms with E-state index in [0.29, 0.717) is 0 Å². The number of allylic oxidation sites excluding steroid dienone is 11. The molecule has 0 aromatic heterocycles. The van der Waals surface area contributed by atoms with Gasteiger partial charge in [0.2, 0.25) is 0 Å². The Morgan fingerprint density at radius 1 is 0.756 bits per heavy atom. The van der Waals surface area contributed by atoms with Crippen LogP contribution in [0.4, 0.5) is 0 Å². The van der Waals surface area contributed by atoms with Gasteiger partial charge >= 0.3 is 0 Å². The first-order valence-corrected chi connectivity index (χ1v) is 18.8. The van der Waals surface area contributed by atoms with Gasteiger partial charge in [-0.3, -0.25) is 4.99 Å². The Bertz CT molecular complexity index is 1250. The zero-order valence-corrected chi connectivity index (χ0v) is 29.4. The average molecular weight is 608 g/mol. The van der Waals surface area contributed by atoms with Crippen molar-refractivity contribution in [2.45, 2.75) is 150 Å². The van der Waals surface area contributed by atoms with Crippen LogP contribution in [0.1, 0.15) is 156 Å². The standard InChI is InChI=1S/C27H35N.C11H16.C6H12.H2/c1-2-21-11-15-24(16-12-21)27-20-18-25-17-13-23(14-19-26(25)28-27)10-9-22-7-5-3-4-6-8-22;1-3-11-7-5-4-6-10(2)8-9-11;1-6-4-2-3-5-6;/h11-17,22H,2-10,18-20H2,1H3;4,6-8H,3,5,9H2,1-2H3;6H,2-5H2,1H3;1H/b;6-4-,10-8?,11-7-;;. The Morgan fingerprint density at radius 3 is 2.16 bits per heavy atom. The van der Waals surface area contributed by atoms with Crippen molar-refractivity contribution >= 4 is 5.71 Å². The average Bonchev–Trinajstić information content (AvgIpc) is 3.28. The maximum absolute atomic E-state index is 5.09. The lowest BCUT2D eigenvalue weighted by Gasteiger charge is -2.16. The van der Waals surface area contributed by atoms with E-state index < -0.39 is 0 Å². The molecule has 1 nitrogen and oxygen atoms in total. The van der Waals surface area contributed by atoms with E-state index in [9.17, 15) is 0 Å². The van der Waals surface area contributed by atoms with E-state index >= 15 is 0 Å². The van der Waals surface area contributed by atoms with E-state index in [1.54, 1.807) is 5.57 Å². The third-order valence-corrected chi connectivity index (χ3v) is 10.5. The first-order valence-electron chi connectivity index (χ1n) is 18.8. The summed E-state index contributed by atoms with van der Waals surface area (Å²) in [5.41, 5.74) is 11.2. The maximum atomic E-state index is 5.09. The molecule has 1 heterocycles. The molecule has 1 heteroatoms. The summed E-state index contributed by atoms with van der Waals surface area (Å²) in [6.45, 7) is 8.93.